The standard InChI is InChI=1S/C29H27N7O/c1-18-10-15-22(30-16-18)20-13-11-19(12-14-20)17-35-28-25(26(34-35)31-21-6-3-2-4-7-21)27(37)33-29-32-23-8-5-9-24(23)36(28)29/h2-4,6-7,10-16,23-24H,5,8-9,17H2,1H3,(H,31,34)(H,32,33,37)/t23-,24+/m1/s1. The average Bonchev–Trinajstić information content (AvgIpc) is 3.59. The molecule has 0 bridgehead atoms. The maximum absolute atomic E-state index is 13.3. The molecule has 2 atom stereocenters. The number of aliphatic imine (C=N–C) groups is 1. The second-order valence-corrected chi connectivity index (χ2v) is 9.96. The highest BCUT2D eigenvalue weighted by Crippen LogP contribution is 2.41. The van der Waals surface area contributed by atoms with Crippen molar-refractivity contribution < 1.29 is 4.79 Å². The summed E-state index contributed by atoms with van der Waals surface area (Å²) in [4.78, 5) is 24.9. The van der Waals surface area contributed by atoms with Crippen LogP contribution in [-0.4, -0.2) is 38.7 Å². The molecule has 1 saturated carbocycles. The van der Waals surface area contributed by atoms with Crippen LogP contribution >= 0.6 is 0 Å². The van der Waals surface area contributed by atoms with Gasteiger partial charge in [-0.1, -0.05) is 48.5 Å². The number of carbonyl (C=O) groups excluding carboxylic acids is 1. The van der Waals surface area contributed by atoms with E-state index in [1.165, 1.54) is 0 Å². The molecule has 0 spiro atoms. The lowest BCUT2D eigenvalue weighted by molar-refractivity contribution is 0.0975. The van der Waals surface area contributed by atoms with Crippen molar-refractivity contribution in [3.8, 4) is 11.3 Å². The number of aryl methyl sites for hydroxylation is 1. The Kier molecular flexibility index (Phi) is 5.06. The number of para-hydroxylation sites is 1. The highest BCUT2D eigenvalue weighted by atomic mass is 16.2. The third-order valence-electron chi connectivity index (χ3n) is 7.43. The van der Waals surface area contributed by atoms with Gasteiger partial charge in [-0.25, -0.2) is 9.67 Å². The van der Waals surface area contributed by atoms with Gasteiger partial charge in [0.15, 0.2) is 5.82 Å². The van der Waals surface area contributed by atoms with Crippen molar-refractivity contribution in [2.45, 2.75) is 44.8 Å². The van der Waals surface area contributed by atoms with Crippen LogP contribution in [-0.2, 0) is 6.54 Å². The van der Waals surface area contributed by atoms with E-state index in [0.717, 1.165) is 53.2 Å². The first kappa shape index (κ1) is 21.8. The Balaban J connectivity index is 1.27. The molecule has 8 heteroatoms. The Morgan fingerprint density at radius 3 is 2.65 bits per heavy atom. The number of nitrogens with zero attached hydrogens (tertiary/aromatic N) is 5. The van der Waals surface area contributed by atoms with Crippen molar-refractivity contribution in [1.29, 1.82) is 0 Å². The molecular formula is C29H27N7O. The summed E-state index contributed by atoms with van der Waals surface area (Å²) in [6, 6.07) is 22.8. The van der Waals surface area contributed by atoms with Gasteiger partial charge >= 0.3 is 0 Å². The van der Waals surface area contributed by atoms with Crippen molar-refractivity contribution in [2.75, 3.05) is 10.2 Å². The van der Waals surface area contributed by atoms with E-state index in [9.17, 15) is 4.79 Å². The van der Waals surface area contributed by atoms with Crippen LogP contribution in [0.4, 0.5) is 17.3 Å². The first-order valence-electron chi connectivity index (χ1n) is 12.8. The van der Waals surface area contributed by atoms with Gasteiger partial charge in [-0.2, -0.15) is 5.10 Å². The van der Waals surface area contributed by atoms with Crippen LogP contribution in [0.3, 0.4) is 0 Å². The van der Waals surface area contributed by atoms with Crippen molar-refractivity contribution >= 4 is 29.2 Å². The minimum atomic E-state index is -0.171. The van der Waals surface area contributed by atoms with Crippen molar-refractivity contribution in [1.82, 2.24) is 20.1 Å². The highest BCUT2D eigenvalue weighted by Gasteiger charge is 2.47. The first-order chi connectivity index (χ1) is 18.1. The lowest BCUT2D eigenvalue weighted by Crippen LogP contribution is -2.51. The predicted molar refractivity (Wildman–Crippen MR) is 144 cm³/mol. The largest absolute Gasteiger partial charge is 0.338 e. The average molecular weight is 490 g/mol. The van der Waals surface area contributed by atoms with Crippen LogP contribution in [0.25, 0.3) is 11.3 Å². The molecule has 0 radical (unpaired) electrons. The number of guanidine groups is 1. The van der Waals surface area contributed by atoms with E-state index >= 15 is 0 Å². The normalized spacial score (nSPS) is 19.6. The number of anilines is 3. The van der Waals surface area contributed by atoms with E-state index in [2.05, 4.69) is 50.8 Å². The van der Waals surface area contributed by atoms with E-state index in [4.69, 9.17) is 10.1 Å². The van der Waals surface area contributed by atoms with Crippen LogP contribution in [0.2, 0.25) is 0 Å². The van der Waals surface area contributed by atoms with Crippen LogP contribution < -0.4 is 15.5 Å². The summed E-state index contributed by atoms with van der Waals surface area (Å²) in [7, 11) is 0. The van der Waals surface area contributed by atoms with E-state index < -0.39 is 0 Å². The molecule has 7 rings (SSSR count). The Morgan fingerprint density at radius 1 is 1.03 bits per heavy atom. The minimum Gasteiger partial charge on any atom is -0.338 e. The smallest absolute Gasteiger partial charge is 0.265 e. The molecule has 2 aliphatic heterocycles. The number of rotatable bonds is 5. The molecule has 37 heavy (non-hydrogen) atoms. The van der Waals surface area contributed by atoms with Gasteiger partial charge in [-0.15, -0.1) is 0 Å². The fourth-order valence-electron chi connectivity index (χ4n) is 5.62. The number of hydrogen-bond donors (Lipinski definition) is 2. The van der Waals surface area contributed by atoms with Crippen molar-refractivity contribution in [2.24, 2.45) is 4.99 Å². The van der Waals surface area contributed by atoms with Crippen LogP contribution in [0.5, 0.6) is 0 Å². The summed E-state index contributed by atoms with van der Waals surface area (Å²) in [6.07, 6.45) is 5.13. The molecule has 0 saturated heterocycles. The summed E-state index contributed by atoms with van der Waals surface area (Å²) >= 11 is 0. The van der Waals surface area contributed by atoms with Crippen LogP contribution in [0.15, 0.2) is 77.9 Å². The molecule has 2 aromatic heterocycles. The monoisotopic (exact) mass is 489 g/mol. The van der Waals surface area contributed by atoms with E-state index in [-0.39, 0.29) is 18.0 Å². The molecule has 2 aromatic carbocycles. The Hall–Kier alpha value is -4.46. The van der Waals surface area contributed by atoms with E-state index in [1.807, 2.05) is 54.2 Å². The molecule has 1 aliphatic carbocycles. The number of fused-ring (bicyclic) bond motifs is 5. The Labute approximate surface area is 215 Å². The number of amides is 1. The molecule has 8 nitrogen and oxygen atoms in total. The highest BCUT2D eigenvalue weighted by molar-refractivity contribution is 6.21. The van der Waals surface area contributed by atoms with Gasteiger partial charge in [-0.05, 0) is 55.5 Å². The zero-order valence-corrected chi connectivity index (χ0v) is 20.6. The SMILES string of the molecule is Cc1ccc(-c2ccc(Cn3nc(Nc4ccccc4)c4c3N3C(=N[C@@H]5CCC[C@@H]53)NC4=O)cc2)nc1. The summed E-state index contributed by atoms with van der Waals surface area (Å²) in [6.45, 7) is 2.57. The summed E-state index contributed by atoms with van der Waals surface area (Å²) < 4.78 is 1.95. The zero-order valence-electron chi connectivity index (χ0n) is 20.6. The Bertz CT molecular complexity index is 1510. The van der Waals surface area contributed by atoms with Gasteiger partial charge in [0.05, 0.1) is 24.3 Å². The second-order valence-electron chi connectivity index (χ2n) is 9.96. The summed E-state index contributed by atoms with van der Waals surface area (Å²) in [5.41, 5.74) is 5.71. The molecule has 3 aliphatic rings. The van der Waals surface area contributed by atoms with E-state index in [0.29, 0.717) is 23.9 Å². The molecular weight excluding hydrogens is 462 g/mol. The number of pyridine rings is 1. The third-order valence-corrected chi connectivity index (χ3v) is 7.43. The topological polar surface area (TPSA) is 87.4 Å². The zero-order chi connectivity index (χ0) is 24.9. The fourth-order valence-corrected chi connectivity index (χ4v) is 5.62. The third kappa shape index (κ3) is 3.76. The molecule has 0 unspecified atom stereocenters. The second kappa shape index (κ2) is 8.58. The quantitative estimate of drug-likeness (QED) is 0.417. The number of carbonyl (C=O) groups is 1. The van der Waals surface area contributed by atoms with Crippen molar-refractivity contribution in [3.63, 3.8) is 0 Å². The lowest BCUT2D eigenvalue weighted by Gasteiger charge is -2.31. The Morgan fingerprint density at radius 2 is 1.86 bits per heavy atom. The number of hydrogen-bond acceptors (Lipinski definition) is 6. The number of aromatic nitrogens is 3. The molecule has 4 aromatic rings. The lowest BCUT2D eigenvalue weighted by atomic mass is 10.1. The molecule has 1 amide bonds. The van der Waals surface area contributed by atoms with Crippen molar-refractivity contribution in [3.05, 3.63) is 89.6 Å². The van der Waals surface area contributed by atoms with E-state index in [1.54, 1.807) is 0 Å². The predicted octanol–water partition coefficient (Wildman–Crippen LogP) is 4.89. The maximum Gasteiger partial charge on any atom is 0.265 e. The van der Waals surface area contributed by atoms with Gasteiger partial charge in [0.2, 0.25) is 5.96 Å². The summed E-state index contributed by atoms with van der Waals surface area (Å²) in [5, 5.41) is 11.3. The summed E-state index contributed by atoms with van der Waals surface area (Å²) in [5.74, 6) is 1.86. The van der Waals surface area contributed by atoms with Gasteiger partial charge in [0, 0.05) is 17.4 Å². The molecule has 4 heterocycles. The molecule has 2 N–H and O–H groups in total. The first-order valence-corrected chi connectivity index (χ1v) is 12.8. The van der Waals surface area contributed by atoms with Crippen LogP contribution in [0.1, 0.15) is 40.7 Å². The van der Waals surface area contributed by atoms with Gasteiger partial charge < -0.3 is 5.32 Å². The molecule has 184 valence electrons. The molecule has 1 fully saturated rings. The minimum absolute atomic E-state index is 0.171. The number of nitrogens with one attached hydrogen (secondary N) is 2. The van der Waals surface area contributed by atoms with Gasteiger partial charge in [0.1, 0.15) is 11.4 Å². The fraction of sp³-hybridized carbons (Fsp3) is 0.241. The van der Waals surface area contributed by atoms with Crippen LogP contribution in [0, 0.1) is 6.92 Å². The number of benzene rings is 2. The van der Waals surface area contributed by atoms with Gasteiger partial charge in [0.25, 0.3) is 5.91 Å². The maximum atomic E-state index is 13.3. The van der Waals surface area contributed by atoms with Gasteiger partial charge in [-0.3, -0.25) is 20.0 Å².